The normalized spacial score (nSPS) is 11.2. The van der Waals surface area contributed by atoms with Crippen molar-refractivity contribution in [2.24, 2.45) is 5.73 Å². The van der Waals surface area contributed by atoms with Crippen molar-refractivity contribution in [3.63, 3.8) is 0 Å². The molecule has 0 saturated heterocycles. The van der Waals surface area contributed by atoms with Gasteiger partial charge in [0.2, 0.25) is 5.91 Å². The van der Waals surface area contributed by atoms with E-state index < -0.39 is 0 Å². The van der Waals surface area contributed by atoms with Crippen LogP contribution in [0.5, 0.6) is 0 Å². The summed E-state index contributed by atoms with van der Waals surface area (Å²) in [7, 11) is 0. The number of hydrogen-bond acceptors (Lipinski definition) is 2. The largest absolute Gasteiger partial charge is 0.341 e. The number of amides is 1. The van der Waals surface area contributed by atoms with Crippen LogP contribution in [0.3, 0.4) is 0 Å². The Hall–Kier alpha value is -3.89. The Bertz CT molecular complexity index is 1430. The second-order valence-electron chi connectivity index (χ2n) is 8.37. The molecular formula is C29H27N3O. The van der Waals surface area contributed by atoms with Crippen LogP contribution >= 0.6 is 0 Å². The Balaban J connectivity index is 1.65. The Morgan fingerprint density at radius 2 is 1.64 bits per heavy atom. The quantitative estimate of drug-likeness (QED) is 0.343. The fourth-order valence-corrected chi connectivity index (χ4v) is 4.62. The van der Waals surface area contributed by atoms with Gasteiger partial charge in [-0.1, -0.05) is 78.9 Å². The van der Waals surface area contributed by atoms with Crippen molar-refractivity contribution in [2.75, 3.05) is 11.4 Å². The molecule has 0 radical (unpaired) electrons. The second-order valence-corrected chi connectivity index (χ2v) is 8.37. The Labute approximate surface area is 193 Å². The molecule has 1 amide bonds. The molecule has 1 heterocycles. The third-order valence-electron chi connectivity index (χ3n) is 6.21. The highest BCUT2D eigenvalue weighted by molar-refractivity contribution is 6.02. The Morgan fingerprint density at radius 1 is 0.879 bits per heavy atom. The maximum atomic E-state index is 12.7. The smallest absolute Gasteiger partial charge is 0.225 e. The molecule has 0 bridgehead atoms. The van der Waals surface area contributed by atoms with Crippen LogP contribution in [0, 0.1) is 0 Å². The van der Waals surface area contributed by atoms with E-state index in [4.69, 9.17) is 5.73 Å². The van der Waals surface area contributed by atoms with Gasteiger partial charge < -0.3 is 10.7 Å². The first kappa shape index (κ1) is 21.0. The van der Waals surface area contributed by atoms with Crippen molar-refractivity contribution in [1.82, 2.24) is 4.98 Å². The average molecular weight is 434 g/mol. The number of carbonyl (C=O) groups excluding carboxylic acids is 1. The lowest BCUT2D eigenvalue weighted by Crippen LogP contribution is -2.29. The summed E-state index contributed by atoms with van der Waals surface area (Å²) >= 11 is 0. The van der Waals surface area contributed by atoms with E-state index >= 15 is 0 Å². The molecule has 33 heavy (non-hydrogen) atoms. The SMILES string of the molecule is CC(=O)N(Cc1ccccc1)c1[nH]c2ccc(-c3cccc4ccccc34)cc2c1CCN. The average Bonchev–Trinajstić information content (AvgIpc) is 3.20. The number of aromatic amines is 1. The van der Waals surface area contributed by atoms with Gasteiger partial charge in [-0.15, -0.1) is 0 Å². The van der Waals surface area contributed by atoms with E-state index in [0.29, 0.717) is 19.5 Å². The lowest BCUT2D eigenvalue weighted by Gasteiger charge is -2.21. The Morgan fingerprint density at radius 3 is 2.42 bits per heavy atom. The fourth-order valence-electron chi connectivity index (χ4n) is 4.62. The number of nitrogens with one attached hydrogen (secondary N) is 1. The van der Waals surface area contributed by atoms with Crippen molar-refractivity contribution in [3.8, 4) is 11.1 Å². The van der Waals surface area contributed by atoms with E-state index in [0.717, 1.165) is 33.4 Å². The van der Waals surface area contributed by atoms with Crippen LogP contribution in [0.25, 0.3) is 32.8 Å². The summed E-state index contributed by atoms with van der Waals surface area (Å²) in [6, 6.07) is 31.4. The number of carbonyl (C=O) groups is 1. The highest BCUT2D eigenvalue weighted by atomic mass is 16.2. The molecule has 0 saturated carbocycles. The van der Waals surface area contributed by atoms with Gasteiger partial charge in [-0.3, -0.25) is 9.69 Å². The molecule has 4 nitrogen and oxygen atoms in total. The zero-order chi connectivity index (χ0) is 22.8. The van der Waals surface area contributed by atoms with Crippen molar-refractivity contribution < 1.29 is 4.79 Å². The third-order valence-corrected chi connectivity index (χ3v) is 6.21. The fraction of sp³-hybridized carbons (Fsp3) is 0.138. The summed E-state index contributed by atoms with van der Waals surface area (Å²) in [6.07, 6.45) is 0.687. The Kier molecular flexibility index (Phi) is 5.68. The summed E-state index contributed by atoms with van der Waals surface area (Å²) in [5.74, 6) is 0.833. The van der Waals surface area contributed by atoms with E-state index in [2.05, 4.69) is 65.6 Å². The van der Waals surface area contributed by atoms with Gasteiger partial charge in [-0.25, -0.2) is 0 Å². The summed E-state index contributed by atoms with van der Waals surface area (Å²) in [5, 5.41) is 3.56. The molecule has 164 valence electrons. The molecule has 0 fully saturated rings. The number of benzene rings is 4. The van der Waals surface area contributed by atoms with Crippen LogP contribution in [-0.2, 0) is 17.8 Å². The minimum Gasteiger partial charge on any atom is -0.341 e. The predicted octanol–water partition coefficient (Wildman–Crippen LogP) is 6.04. The minimum atomic E-state index is -0.00189. The predicted molar refractivity (Wildman–Crippen MR) is 137 cm³/mol. The molecule has 5 rings (SSSR count). The summed E-state index contributed by atoms with van der Waals surface area (Å²) in [6.45, 7) is 2.63. The second kappa shape index (κ2) is 8.93. The van der Waals surface area contributed by atoms with Crippen LogP contribution < -0.4 is 10.6 Å². The molecule has 0 aliphatic carbocycles. The van der Waals surface area contributed by atoms with Crippen molar-refractivity contribution in [3.05, 3.63) is 102 Å². The number of hydrogen-bond donors (Lipinski definition) is 2. The van der Waals surface area contributed by atoms with Gasteiger partial charge >= 0.3 is 0 Å². The van der Waals surface area contributed by atoms with Gasteiger partial charge in [0.15, 0.2) is 0 Å². The van der Waals surface area contributed by atoms with Crippen LogP contribution in [0.2, 0.25) is 0 Å². The molecule has 4 heteroatoms. The number of H-pyrrole nitrogens is 1. The van der Waals surface area contributed by atoms with Gasteiger partial charge in [-0.05, 0) is 52.6 Å². The zero-order valence-electron chi connectivity index (χ0n) is 18.7. The summed E-state index contributed by atoms with van der Waals surface area (Å²) in [5.41, 5.74) is 11.5. The molecule has 3 N–H and O–H groups in total. The van der Waals surface area contributed by atoms with Crippen LogP contribution in [0.4, 0.5) is 5.82 Å². The maximum Gasteiger partial charge on any atom is 0.225 e. The highest BCUT2D eigenvalue weighted by Crippen LogP contribution is 2.35. The first-order valence-corrected chi connectivity index (χ1v) is 11.3. The van der Waals surface area contributed by atoms with Crippen molar-refractivity contribution in [1.29, 1.82) is 0 Å². The molecule has 1 aromatic heterocycles. The number of anilines is 1. The van der Waals surface area contributed by atoms with Gasteiger partial charge in [0.25, 0.3) is 0 Å². The third kappa shape index (κ3) is 4.01. The zero-order valence-corrected chi connectivity index (χ0v) is 18.7. The number of nitrogens with two attached hydrogens (primary N) is 1. The molecule has 0 atom stereocenters. The van der Waals surface area contributed by atoms with Crippen molar-refractivity contribution >= 4 is 33.4 Å². The van der Waals surface area contributed by atoms with Gasteiger partial charge in [0.1, 0.15) is 5.82 Å². The molecule has 4 aromatic carbocycles. The van der Waals surface area contributed by atoms with E-state index in [1.807, 2.05) is 35.2 Å². The molecule has 0 aliphatic rings. The van der Waals surface area contributed by atoms with Crippen LogP contribution in [0.1, 0.15) is 18.1 Å². The number of aromatic nitrogens is 1. The molecule has 5 aromatic rings. The first-order valence-electron chi connectivity index (χ1n) is 11.3. The van der Waals surface area contributed by atoms with Crippen LogP contribution in [0.15, 0.2) is 91.0 Å². The van der Waals surface area contributed by atoms with Gasteiger partial charge in [-0.2, -0.15) is 0 Å². The monoisotopic (exact) mass is 433 g/mol. The van der Waals surface area contributed by atoms with Crippen LogP contribution in [-0.4, -0.2) is 17.4 Å². The summed E-state index contributed by atoms with van der Waals surface area (Å²) < 4.78 is 0. The van der Waals surface area contributed by atoms with Crippen molar-refractivity contribution in [2.45, 2.75) is 19.9 Å². The van der Waals surface area contributed by atoms with Gasteiger partial charge in [0, 0.05) is 23.4 Å². The van der Waals surface area contributed by atoms with E-state index in [1.54, 1.807) is 6.92 Å². The molecule has 0 aliphatic heterocycles. The first-order chi connectivity index (χ1) is 16.2. The van der Waals surface area contributed by atoms with E-state index in [-0.39, 0.29) is 5.91 Å². The lowest BCUT2D eigenvalue weighted by molar-refractivity contribution is -0.116. The molecular weight excluding hydrogens is 406 g/mol. The topological polar surface area (TPSA) is 62.1 Å². The number of fused-ring (bicyclic) bond motifs is 2. The minimum absolute atomic E-state index is 0.00189. The number of nitrogens with zero attached hydrogens (tertiary/aromatic N) is 1. The number of rotatable bonds is 6. The maximum absolute atomic E-state index is 12.7. The summed E-state index contributed by atoms with van der Waals surface area (Å²) in [4.78, 5) is 18.0. The molecule has 0 unspecified atom stereocenters. The lowest BCUT2D eigenvalue weighted by atomic mass is 9.96. The van der Waals surface area contributed by atoms with E-state index in [1.165, 1.54) is 16.3 Å². The molecule has 0 spiro atoms. The highest BCUT2D eigenvalue weighted by Gasteiger charge is 2.21. The van der Waals surface area contributed by atoms with Gasteiger partial charge in [0.05, 0.1) is 6.54 Å². The van der Waals surface area contributed by atoms with E-state index in [9.17, 15) is 4.79 Å². The standard InChI is InChI=1S/C29H27N3O/c1-20(33)32(19-21-8-3-2-4-9-21)29-26(16-17-30)27-18-23(14-15-28(27)31-29)25-13-7-11-22-10-5-6-12-24(22)25/h2-15,18,31H,16-17,19,30H2,1H3.